The fraction of sp³-hybridized carbons (Fsp3) is 0. The average molecular weight is 615 g/mol. The van der Waals surface area contributed by atoms with E-state index >= 15 is 0 Å². The second-order valence-electron chi connectivity index (χ2n) is 7.90. The molecule has 0 aliphatic rings. The maximum Gasteiger partial charge on any atom is 0.166 e. The van der Waals surface area contributed by atoms with Crippen molar-refractivity contribution in [1.82, 2.24) is 10.2 Å². The first kappa shape index (κ1) is 22.0. The third-order valence-electron chi connectivity index (χ3n) is 5.83. The van der Waals surface area contributed by atoms with Crippen LogP contribution in [-0.4, -0.2) is 10.2 Å². The Balaban J connectivity index is 0.00000241. The van der Waals surface area contributed by atoms with E-state index in [4.69, 9.17) is 10.2 Å². The van der Waals surface area contributed by atoms with Gasteiger partial charge in [0.15, 0.2) is 5.82 Å². The molecule has 6 rings (SSSR count). The number of aromatic nitrogens is 2. The van der Waals surface area contributed by atoms with E-state index in [9.17, 15) is 0 Å². The van der Waals surface area contributed by atoms with Gasteiger partial charge in [-0.25, -0.2) is 0 Å². The topological polar surface area (TPSA) is 29.0 Å². The molecule has 1 aromatic heterocycles. The predicted molar refractivity (Wildman–Crippen MR) is 136 cm³/mol. The van der Waals surface area contributed by atoms with E-state index in [-0.39, 0.29) is 20.1 Å². The van der Waals surface area contributed by atoms with Gasteiger partial charge in [0.05, 0.1) is 0 Å². The van der Waals surface area contributed by atoms with E-state index in [0.717, 1.165) is 39.2 Å². The summed E-state index contributed by atoms with van der Waals surface area (Å²) in [6, 6.07) is 44.7. The van der Waals surface area contributed by atoms with Crippen LogP contribution in [0.1, 0.15) is 0 Å². The van der Waals surface area contributed by atoms with Crippen molar-refractivity contribution in [3.8, 4) is 11.3 Å². The monoisotopic (exact) mass is 615 g/mol. The number of rotatable bonds is 4. The number of hydrogen-bond acceptors (Lipinski definition) is 3. The Hall–Kier alpha value is -3.85. The molecule has 0 unspecified atom stereocenters. The summed E-state index contributed by atoms with van der Waals surface area (Å²) in [7, 11) is 0. The van der Waals surface area contributed by atoms with Gasteiger partial charge in [0.1, 0.15) is 0 Å². The zero-order valence-electron chi connectivity index (χ0n) is 18.2. The molecule has 0 atom stereocenters. The van der Waals surface area contributed by atoms with Gasteiger partial charge in [-0.3, -0.25) is 4.90 Å². The molecule has 165 valence electrons. The molecule has 0 saturated heterocycles. The van der Waals surface area contributed by atoms with Crippen molar-refractivity contribution in [3.63, 3.8) is 0 Å². The van der Waals surface area contributed by atoms with E-state index in [1.807, 2.05) is 60.7 Å². The number of anilines is 3. The van der Waals surface area contributed by atoms with Gasteiger partial charge in [-0.15, -0.1) is 41.0 Å². The van der Waals surface area contributed by atoms with E-state index in [0.29, 0.717) is 0 Å². The van der Waals surface area contributed by atoms with Crippen molar-refractivity contribution in [1.29, 1.82) is 0 Å². The van der Waals surface area contributed by atoms with Crippen molar-refractivity contribution >= 4 is 38.7 Å². The van der Waals surface area contributed by atoms with Crippen LogP contribution in [0.4, 0.5) is 17.2 Å². The maximum atomic E-state index is 4.80. The van der Waals surface area contributed by atoms with Crippen LogP contribution in [0.25, 0.3) is 32.8 Å². The molecule has 34 heavy (non-hydrogen) atoms. The third-order valence-corrected chi connectivity index (χ3v) is 5.83. The minimum absolute atomic E-state index is 0. The van der Waals surface area contributed by atoms with Gasteiger partial charge in [-0.1, -0.05) is 66.7 Å². The number of para-hydroxylation sites is 2. The SMILES string of the molecule is [Ir].[c-]1ccccc1-c1nnc(N(c2ccccc2)c2ccccc2)c2cc3ccccc3cc12. The minimum Gasteiger partial charge on any atom is -0.293 e. The van der Waals surface area contributed by atoms with Crippen LogP contribution in [0.5, 0.6) is 0 Å². The van der Waals surface area contributed by atoms with Crippen molar-refractivity contribution in [2.75, 3.05) is 4.90 Å². The van der Waals surface area contributed by atoms with Crippen LogP contribution in [0.2, 0.25) is 0 Å². The molecular formula is C30H20IrN3-. The zero-order chi connectivity index (χ0) is 22.0. The van der Waals surface area contributed by atoms with E-state index in [1.165, 1.54) is 10.8 Å². The summed E-state index contributed by atoms with van der Waals surface area (Å²) in [4.78, 5) is 2.17. The van der Waals surface area contributed by atoms with Crippen LogP contribution < -0.4 is 4.90 Å². The average Bonchev–Trinajstić information content (AvgIpc) is 2.89. The number of fused-ring (bicyclic) bond motifs is 2. The molecule has 0 N–H and O–H groups in total. The first-order valence-electron chi connectivity index (χ1n) is 10.9. The molecule has 0 aliphatic heterocycles. The normalized spacial score (nSPS) is 10.7. The fourth-order valence-electron chi connectivity index (χ4n) is 4.28. The molecule has 1 radical (unpaired) electrons. The first-order chi connectivity index (χ1) is 16.4. The second kappa shape index (κ2) is 9.56. The van der Waals surface area contributed by atoms with E-state index in [1.54, 1.807) is 0 Å². The van der Waals surface area contributed by atoms with Crippen LogP contribution >= 0.6 is 0 Å². The van der Waals surface area contributed by atoms with Gasteiger partial charge in [-0.05, 0) is 46.5 Å². The Kier molecular flexibility index (Phi) is 6.18. The first-order valence-corrected chi connectivity index (χ1v) is 10.9. The van der Waals surface area contributed by atoms with Crippen molar-refractivity contribution in [2.45, 2.75) is 0 Å². The minimum atomic E-state index is 0. The van der Waals surface area contributed by atoms with Crippen LogP contribution in [0.15, 0.2) is 121 Å². The molecule has 0 spiro atoms. The Morgan fingerprint density at radius 2 is 1.12 bits per heavy atom. The molecular weight excluding hydrogens is 595 g/mol. The number of nitrogens with zero attached hydrogens (tertiary/aromatic N) is 3. The van der Waals surface area contributed by atoms with E-state index < -0.39 is 0 Å². The molecule has 0 amide bonds. The number of hydrogen-bond donors (Lipinski definition) is 0. The molecule has 6 aromatic rings. The molecule has 3 nitrogen and oxygen atoms in total. The fourth-order valence-corrected chi connectivity index (χ4v) is 4.28. The standard InChI is InChI=1S/C30H20N3.Ir/c1-4-12-22(13-5-1)29-27-20-23-14-10-11-15-24(23)21-28(27)30(32-31-29)33(25-16-6-2-7-17-25)26-18-8-3-9-19-26;/h1-12,14-21H;/q-1;. The van der Waals surface area contributed by atoms with E-state index in [2.05, 4.69) is 71.6 Å². The number of benzene rings is 5. The largest absolute Gasteiger partial charge is 0.293 e. The predicted octanol–water partition coefficient (Wildman–Crippen LogP) is 7.72. The molecule has 1 heterocycles. The molecule has 0 bridgehead atoms. The smallest absolute Gasteiger partial charge is 0.166 e. The molecule has 0 aliphatic carbocycles. The summed E-state index contributed by atoms with van der Waals surface area (Å²) >= 11 is 0. The summed E-state index contributed by atoms with van der Waals surface area (Å²) in [5, 5.41) is 14.0. The van der Waals surface area contributed by atoms with Gasteiger partial charge in [-0.2, -0.15) is 5.10 Å². The van der Waals surface area contributed by atoms with Gasteiger partial charge in [0, 0.05) is 42.6 Å². The zero-order valence-corrected chi connectivity index (χ0v) is 20.6. The van der Waals surface area contributed by atoms with Gasteiger partial charge >= 0.3 is 0 Å². The maximum absolute atomic E-state index is 4.80. The Morgan fingerprint density at radius 3 is 1.71 bits per heavy atom. The van der Waals surface area contributed by atoms with Crippen molar-refractivity contribution < 1.29 is 20.1 Å². The summed E-state index contributed by atoms with van der Waals surface area (Å²) in [5.41, 5.74) is 3.84. The molecule has 0 fully saturated rings. The van der Waals surface area contributed by atoms with Gasteiger partial charge in [0.2, 0.25) is 0 Å². The molecule has 0 saturated carbocycles. The molecule has 5 aromatic carbocycles. The Morgan fingerprint density at radius 1 is 0.559 bits per heavy atom. The summed E-state index contributed by atoms with van der Waals surface area (Å²) in [6.07, 6.45) is 0. The third kappa shape index (κ3) is 3.99. The Bertz CT molecular complexity index is 1510. The van der Waals surface area contributed by atoms with Crippen LogP contribution in [-0.2, 0) is 20.1 Å². The summed E-state index contributed by atoms with van der Waals surface area (Å²) in [6.45, 7) is 0. The quantitative estimate of drug-likeness (QED) is 0.150. The summed E-state index contributed by atoms with van der Waals surface area (Å²) < 4.78 is 0. The van der Waals surface area contributed by atoms with Crippen LogP contribution in [0, 0.1) is 6.07 Å². The Labute approximate surface area is 212 Å². The van der Waals surface area contributed by atoms with Gasteiger partial charge in [0.25, 0.3) is 0 Å². The molecule has 4 heteroatoms. The second-order valence-corrected chi connectivity index (χ2v) is 7.90. The van der Waals surface area contributed by atoms with Crippen LogP contribution in [0.3, 0.4) is 0 Å². The van der Waals surface area contributed by atoms with Crippen molar-refractivity contribution in [2.24, 2.45) is 0 Å². The van der Waals surface area contributed by atoms with Gasteiger partial charge < -0.3 is 0 Å². The summed E-state index contributed by atoms with van der Waals surface area (Å²) in [5.74, 6) is 0.799. The van der Waals surface area contributed by atoms with Crippen molar-refractivity contribution in [3.05, 3.63) is 127 Å².